The summed E-state index contributed by atoms with van der Waals surface area (Å²) in [4.78, 5) is 15.0. The Balaban J connectivity index is 2.28. The van der Waals surface area contributed by atoms with E-state index in [9.17, 15) is 18.0 Å². The maximum Gasteiger partial charge on any atom is 0.573 e. The Morgan fingerprint density at radius 1 is 1.33 bits per heavy atom. The summed E-state index contributed by atoms with van der Waals surface area (Å²) in [6.45, 7) is 1.30. The van der Waals surface area contributed by atoms with Crippen LogP contribution in [0.1, 0.15) is 6.92 Å². The van der Waals surface area contributed by atoms with Crippen molar-refractivity contribution >= 4 is 27.8 Å². The van der Waals surface area contributed by atoms with Gasteiger partial charge in [0.05, 0.1) is 5.69 Å². The first-order chi connectivity index (χ1) is 9.74. The van der Waals surface area contributed by atoms with Gasteiger partial charge in [0.25, 0.3) is 0 Å². The molecule has 0 aliphatic rings. The van der Waals surface area contributed by atoms with Crippen LogP contribution in [-0.2, 0) is 4.79 Å². The third-order valence-electron chi connectivity index (χ3n) is 2.18. The molecule has 112 valence electrons. The molecule has 0 radical (unpaired) electrons. The van der Waals surface area contributed by atoms with Gasteiger partial charge in [0.15, 0.2) is 0 Å². The number of halogens is 4. The lowest BCUT2D eigenvalue weighted by atomic mass is 10.3. The van der Waals surface area contributed by atoms with Crippen molar-refractivity contribution in [3.63, 3.8) is 0 Å². The van der Waals surface area contributed by atoms with Crippen LogP contribution in [0, 0.1) is 0 Å². The molecule has 1 N–H and O–H groups in total. The maximum atomic E-state index is 12.1. The molecule has 0 saturated heterocycles. The first kappa shape index (κ1) is 15.3. The van der Waals surface area contributed by atoms with E-state index in [-0.39, 0.29) is 22.3 Å². The van der Waals surface area contributed by atoms with Crippen molar-refractivity contribution in [3.8, 4) is 11.4 Å². The van der Waals surface area contributed by atoms with Crippen LogP contribution in [-0.4, -0.2) is 27.0 Å². The minimum absolute atomic E-state index is 0.138. The fourth-order valence-electron chi connectivity index (χ4n) is 1.49. The predicted molar refractivity (Wildman–Crippen MR) is 70.0 cm³/mol. The van der Waals surface area contributed by atoms with E-state index in [1.54, 1.807) is 0 Å². The Kier molecular flexibility index (Phi) is 4.16. The van der Waals surface area contributed by atoms with Gasteiger partial charge >= 0.3 is 6.36 Å². The lowest BCUT2D eigenvalue weighted by molar-refractivity contribution is -0.274. The number of alkyl halides is 3. The van der Waals surface area contributed by atoms with E-state index in [4.69, 9.17) is 0 Å². The van der Waals surface area contributed by atoms with Gasteiger partial charge in [-0.3, -0.25) is 10.1 Å². The Morgan fingerprint density at radius 3 is 2.48 bits per heavy atom. The van der Waals surface area contributed by atoms with Gasteiger partial charge in [-0.15, -0.1) is 18.3 Å². The summed E-state index contributed by atoms with van der Waals surface area (Å²) < 4.78 is 41.5. The molecule has 2 aromatic rings. The SMILES string of the molecule is CC(=O)Nc1nc(Br)nn1-c1ccc(OC(F)(F)F)cc1. The minimum Gasteiger partial charge on any atom is -0.406 e. The first-order valence-electron chi connectivity index (χ1n) is 5.51. The van der Waals surface area contributed by atoms with E-state index >= 15 is 0 Å². The van der Waals surface area contributed by atoms with E-state index in [1.807, 2.05) is 0 Å². The molecule has 10 heteroatoms. The summed E-state index contributed by atoms with van der Waals surface area (Å²) in [6.07, 6.45) is -4.75. The van der Waals surface area contributed by atoms with Gasteiger partial charge in [-0.1, -0.05) is 0 Å². The smallest absolute Gasteiger partial charge is 0.406 e. The van der Waals surface area contributed by atoms with Crippen LogP contribution >= 0.6 is 15.9 Å². The Bertz CT molecular complexity index is 654. The Hall–Kier alpha value is -2.10. The molecule has 1 aromatic heterocycles. The maximum absolute atomic E-state index is 12.1. The van der Waals surface area contributed by atoms with Gasteiger partial charge in [-0.05, 0) is 40.2 Å². The lowest BCUT2D eigenvalue weighted by Crippen LogP contribution is -2.17. The molecule has 0 spiro atoms. The summed E-state index contributed by atoms with van der Waals surface area (Å²) >= 11 is 3.06. The number of hydrogen-bond acceptors (Lipinski definition) is 4. The van der Waals surface area contributed by atoms with Crippen molar-refractivity contribution in [2.75, 3.05) is 5.32 Å². The number of hydrogen-bond donors (Lipinski definition) is 1. The highest BCUT2D eigenvalue weighted by Gasteiger charge is 2.31. The molecule has 0 bridgehead atoms. The number of nitrogens with zero attached hydrogens (tertiary/aromatic N) is 3. The Labute approximate surface area is 125 Å². The fourth-order valence-corrected chi connectivity index (χ4v) is 1.82. The largest absolute Gasteiger partial charge is 0.573 e. The summed E-state index contributed by atoms with van der Waals surface area (Å²) in [5.74, 6) is -0.571. The molecule has 1 heterocycles. The number of amides is 1. The standard InChI is InChI=1S/C11H8BrF3N4O2/c1-6(20)16-10-17-9(12)18-19(10)7-2-4-8(5-3-7)21-11(13,14)15/h2-5H,1H3,(H,16,17,18,20). The molecule has 1 aromatic carbocycles. The molecule has 6 nitrogen and oxygen atoms in total. The zero-order chi connectivity index (χ0) is 15.6. The summed E-state index contributed by atoms with van der Waals surface area (Å²) in [7, 11) is 0. The number of rotatable bonds is 3. The van der Waals surface area contributed by atoms with Crippen molar-refractivity contribution in [1.29, 1.82) is 0 Å². The van der Waals surface area contributed by atoms with E-state index in [1.165, 1.54) is 23.7 Å². The molecule has 0 unspecified atom stereocenters. The topological polar surface area (TPSA) is 69.0 Å². The summed E-state index contributed by atoms with van der Waals surface area (Å²) in [6, 6.07) is 4.98. The molecule has 21 heavy (non-hydrogen) atoms. The van der Waals surface area contributed by atoms with Crippen molar-refractivity contribution < 1.29 is 22.7 Å². The van der Waals surface area contributed by atoms with Crippen LogP contribution < -0.4 is 10.1 Å². The molecule has 1 amide bonds. The predicted octanol–water partition coefficient (Wildman–Crippen LogP) is 2.89. The Morgan fingerprint density at radius 2 is 1.95 bits per heavy atom. The highest BCUT2D eigenvalue weighted by molar-refractivity contribution is 9.10. The summed E-state index contributed by atoms with van der Waals surface area (Å²) in [5.41, 5.74) is 0.409. The minimum atomic E-state index is -4.75. The average Bonchev–Trinajstić information content (AvgIpc) is 2.68. The zero-order valence-corrected chi connectivity index (χ0v) is 12.1. The fraction of sp³-hybridized carbons (Fsp3) is 0.182. The van der Waals surface area contributed by atoms with Crippen LogP contribution in [0.4, 0.5) is 19.1 Å². The number of ether oxygens (including phenoxy) is 1. The second-order valence-electron chi connectivity index (χ2n) is 3.84. The molecule has 0 aliphatic heterocycles. The van der Waals surface area contributed by atoms with E-state index in [0.29, 0.717) is 5.69 Å². The molecular formula is C11H8BrF3N4O2. The number of benzene rings is 1. The molecule has 0 aliphatic carbocycles. The van der Waals surface area contributed by atoms with Crippen LogP contribution in [0.2, 0.25) is 0 Å². The third-order valence-corrected chi connectivity index (χ3v) is 2.52. The molecule has 0 saturated carbocycles. The number of nitrogens with one attached hydrogen (secondary N) is 1. The highest BCUT2D eigenvalue weighted by Crippen LogP contribution is 2.24. The van der Waals surface area contributed by atoms with E-state index in [0.717, 1.165) is 12.1 Å². The lowest BCUT2D eigenvalue weighted by Gasteiger charge is -2.10. The number of anilines is 1. The second-order valence-corrected chi connectivity index (χ2v) is 4.55. The van der Waals surface area contributed by atoms with Crippen molar-refractivity contribution in [1.82, 2.24) is 14.8 Å². The number of carbonyl (C=O) groups excluding carboxylic acids is 1. The molecule has 0 atom stereocenters. The number of aromatic nitrogens is 3. The summed E-state index contributed by atoms with van der Waals surface area (Å²) in [5, 5.41) is 6.44. The van der Waals surface area contributed by atoms with Gasteiger partial charge in [-0.25, -0.2) is 0 Å². The van der Waals surface area contributed by atoms with Crippen molar-refractivity contribution in [2.24, 2.45) is 0 Å². The van der Waals surface area contributed by atoms with E-state index < -0.39 is 6.36 Å². The number of carbonyl (C=O) groups is 1. The van der Waals surface area contributed by atoms with Crippen LogP contribution in [0.15, 0.2) is 29.0 Å². The molecular weight excluding hydrogens is 357 g/mol. The van der Waals surface area contributed by atoms with Crippen LogP contribution in [0.3, 0.4) is 0 Å². The molecule has 2 rings (SSSR count). The van der Waals surface area contributed by atoms with Crippen molar-refractivity contribution in [2.45, 2.75) is 13.3 Å². The van der Waals surface area contributed by atoms with Crippen LogP contribution in [0.25, 0.3) is 5.69 Å². The first-order valence-corrected chi connectivity index (χ1v) is 6.30. The highest BCUT2D eigenvalue weighted by atomic mass is 79.9. The quantitative estimate of drug-likeness (QED) is 0.908. The van der Waals surface area contributed by atoms with Crippen molar-refractivity contribution in [3.05, 3.63) is 29.0 Å². The van der Waals surface area contributed by atoms with E-state index in [2.05, 4.69) is 36.1 Å². The normalized spacial score (nSPS) is 11.3. The van der Waals surface area contributed by atoms with Gasteiger partial charge in [0, 0.05) is 6.92 Å². The third kappa shape index (κ3) is 4.18. The van der Waals surface area contributed by atoms with Crippen LogP contribution in [0.5, 0.6) is 5.75 Å². The monoisotopic (exact) mass is 364 g/mol. The molecule has 0 fully saturated rings. The second kappa shape index (κ2) is 5.72. The average molecular weight is 365 g/mol. The van der Waals surface area contributed by atoms with Gasteiger partial charge in [0.1, 0.15) is 5.75 Å². The van der Waals surface area contributed by atoms with Gasteiger partial charge < -0.3 is 4.74 Å². The van der Waals surface area contributed by atoms with Gasteiger partial charge in [0.2, 0.25) is 16.6 Å². The zero-order valence-electron chi connectivity index (χ0n) is 10.5. The van der Waals surface area contributed by atoms with Gasteiger partial charge in [-0.2, -0.15) is 9.67 Å².